The van der Waals surface area contributed by atoms with Crippen molar-refractivity contribution in [2.24, 2.45) is 0 Å². The Balaban J connectivity index is 2.23. The highest BCUT2D eigenvalue weighted by atomic mass is 32.2. The summed E-state index contributed by atoms with van der Waals surface area (Å²) in [7, 11) is -1.24. The largest absolute Gasteiger partial charge is 0.480 e. The lowest BCUT2D eigenvalue weighted by molar-refractivity contribution is -0.140. The van der Waals surface area contributed by atoms with E-state index in [1.54, 1.807) is 0 Å². The molecule has 110 valence electrons. The van der Waals surface area contributed by atoms with Gasteiger partial charge in [-0.15, -0.1) is 0 Å². The van der Waals surface area contributed by atoms with E-state index >= 15 is 0 Å². The highest BCUT2D eigenvalue weighted by molar-refractivity contribution is 7.85. The molecule has 1 saturated heterocycles. The first kappa shape index (κ1) is 16.1. The number of rotatable bonds is 8. The fraction of sp³-hybridized carbons (Fsp3) is 0.833. The molecule has 0 radical (unpaired) electrons. The van der Waals surface area contributed by atoms with Gasteiger partial charge in [0.05, 0.1) is 11.9 Å². The molecule has 7 heteroatoms. The Kier molecular flexibility index (Phi) is 7.01. The molecule has 3 unspecified atom stereocenters. The molecule has 0 bridgehead atoms. The van der Waals surface area contributed by atoms with Gasteiger partial charge in [-0.1, -0.05) is 0 Å². The Hall–Kier alpha value is -0.950. The molecule has 1 fully saturated rings. The Morgan fingerprint density at radius 2 is 2.26 bits per heavy atom. The number of aliphatic carboxylic acids is 1. The molecule has 1 aliphatic rings. The fourth-order valence-corrected chi connectivity index (χ4v) is 3.29. The molecule has 0 saturated carbocycles. The first-order valence-corrected chi connectivity index (χ1v) is 7.94. The SMILES string of the molecule is CC(=O)NC(CS(=O)CCCC1CCCO1)C(=O)O. The van der Waals surface area contributed by atoms with Gasteiger partial charge < -0.3 is 15.2 Å². The van der Waals surface area contributed by atoms with Crippen LogP contribution in [0.3, 0.4) is 0 Å². The average Bonchev–Trinajstić information content (AvgIpc) is 2.80. The third-order valence-electron chi connectivity index (χ3n) is 2.95. The van der Waals surface area contributed by atoms with Crippen molar-refractivity contribution in [2.45, 2.75) is 44.8 Å². The van der Waals surface area contributed by atoms with E-state index in [1.807, 2.05) is 0 Å². The lowest BCUT2D eigenvalue weighted by Crippen LogP contribution is -2.43. The van der Waals surface area contributed by atoms with Gasteiger partial charge >= 0.3 is 5.97 Å². The van der Waals surface area contributed by atoms with Crippen molar-refractivity contribution < 1.29 is 23.6 Å². The lowest BCUT2D eigenvalue weighted by atomic mass is 10.1. The predicted molar refractivity (Wildman–Crippen MR) is 71.3 cm³/mol. The van der Waals surface area contributed by atoms with Crippen LogP contribution in [0.15, 0.2) is 0 Å². The van der Waals surface area contributed by atoms with Crippen molar-refractivity contribution >= 4 is 22.7 Å². The highest BCUT2D eigenvalue weighted by Gasteiger charge is 2.21. The summed E-state index contributed by atoms with van der Waals surface area (Å²) in [5, 5.41) is 11.2. The molecule has 0 aliphatic carbocycles. The van der Waals surface area contributed by atoms with E-state index in [2.05, 4.69) is 5.32 Å². The number of nitrogens with one attached hydrogen (secondary N) is 1. The molecule has 6 nitrogen and oxygen atoms in total. The maximum absolute atomic E-state index is 11.8. The minimum Gasteiger partial charge on any atom is -0.480 e. The normalized spacial score (nSPS) is 21.8. The van der Waals surface area contributed by atoms with Crippen molar-refractivity contribution in [3.63, 3.8) is 0 Å². The van der Waals surface area contributed by atoms with Crippen molar-refractivity contribution in [2.75, 3.05) is 18.1 Å². The van der Waals surface area contributed by atoms with Crippen molar-refractivity contribution in [3.8, 4) is 0 Å². The van der Waals surface area contributed by atoms with Gasteiger partial charge in [0.2, 0.25) is 5.91 Å². The summed E-state index contributed by atoms with van der Waals surface area (Å²) >= 11 is 0. The van der Waals surface area contributed by atoms with E-state index in [1.165, 1.54) is 6.92 Å². The Labute approximate surface area is 115 Å². The maximum atomic E-state index is 11.8. The number of carbonyl (C=O) groups excluding carboxylic acids is 1. The van der Waals surface area contributed by atoms with Crippen LogP contribution in [0.2, 0.25) is 0 Å². The number of hydrogen-bond donors (Lipinski definition) is 2. The summed E-state index contributed by atoms with van der Waals surface area (Å²) < 4.78 is 17.2. The van der Waals surface area contributed by atoms with E-state index < -0.39 is 28.7 Å². The third kappa shape index (κ3) is 6.68. The number of hydrogen-bond acceptors (Lipinski definition) is 4. The second kappa shape index (κ2) is 8.27. The van der Waals surface area contributed by atoms with Gasteiger partial charge in [-0.3, -0.25) is 9.00 Å². The van der Waals surface area contributed by atoms with Crippen LogP contribution < -0.4 is 5.32 Å². The van der Waals surface area contributed by atoms with Crippen LogP contribution in [0, 0.1) is 0 Å². The van der Waals surface area contributed by atoms with Crippen LogP contribution in [0.5, 0.6) is 0 Å². The van der Waals surface area contributed by atoms with E-state index in [0.29, 0.717) is 5.75 Å². The van der Waals surface area contributed by atoms with Crippen LogP contribution >= 0.6 is 0 Å². The molecule has 1 rings (SSSR count). The first-order valence-electron chi connectivity index (χ1n) is 6.45. The van der Waals surface area contributed by atoms with E-state index in [-0.39, 0.29) is 11.9 Å². The zero-order chi connectivity index (χ0) is 14.3. The van der Waals surface area contributed by atoms with E-state index in [9.17, 15) is 13.8 Å². The first-order chi connectivity index (χ1) is 8.99. The lowest BCUT2D eigenvalue weighted by Gasteiger charge is -2.13. The number of carboxylic acids is 1. The highest BCUT2D eigenvalue weighted by Crippen LogP contribution is 2.16. The summed E-state index contributed by atoms with van der Waals surface area (Å²) in [5.74, 6) is -1.17. The van der Waals surface area contributed by atoms with Crippen LogP contribution in [-0.4, -0.2) is 51.5 Å². The molecular weight excluding hydrogens is 270 g/mol. The molecule has 1 amide bonds. The third-order valence-corrected chi connectivity index (χ3v) is 4.40. The summed E-state index contributed by atoms with van der Waals surface area (Å²) in [5.41, 5.74) is 0. The molecule has 1 aliphatic heterocycles. The molecule has 0 aromatic rings. The number of amides is 1. The number of carbonyl (C=O) groups is 2. The van der Waals surface area contributed by atoms with Gasteiger partial charge in [0, 0.05) is 30.1 Å². The van der Waals surface area contributed by atoms with Crippen molar-refractivity contribution in [1.82, 2.24) is 5.32 Å². The van der Waals surface area contributed by atoms with Gasteiger partial charge in [-0.25, -0.2) is 4.79 Å². The average molecular weight is 291 g/mol. The summed E-state index contributed by atoms with van der Waals surface area (Å²) in [6.45, 7) is 2.05. The second-order valence-corrected chi connectivity index (χ2v) is 6.30. The van der Waals surface area contributed by atoms with Crippen molar-refractivity contribution in [3.05, 3.63) is 0 Å². The Bertz CT molecular complexity index is 341. The number of ether oxygens (including phenoxy) is 1. The minimum atomic E-state index is -1.24. The topological polar surface area (TPSA) is 92.7 Å². The van der Waals surface area contributed by atoms with Gasteiger partial charge in [-0.05, 0) is 25.7 Å². The summed E-state index contributed by atoms with van der Waals surface area (Å²) in [4.78, 5) is 21.7. The molecule has 0 aromatic heterocycles. The van der Waals surface area contributed by atoms with Gasteiger partial charge in [0.15, 0.2) is 0 Å². The molecule has 1 heterocycles. The molecular formula is C12H21NO5S. The van der Waals surface area contributed by atoms with Crippen LogP contribution in [0.4, 0.5) is 0 Å². The number of carboxylic acid groups (broad SMARTS) is 1. The Morgan fingerprint density at radius 1 is 1.53 bits per heavy atom. The van der Waals surface area contributed by atoms with Crippen molar-refractivity contribution in [1.29, 1.82) is 0 Å². The van der Waals surface area contributed by atoms with Gasteiger partial charge in [0.1, 0.15) is 6.04 Å². The van der Waals surface area contributed by atoms with Crippen LogP contribution in [0.1, 0.15) is 32.6 Å². The van der Waals surface area contributed by atoms with E-state index in [0.717, 1.165) is 32.3 Å². The maximum Gasteiger partial charge on any atom is 0.327 e. The van der Waals surface area contributed by atoms with E-state index in [4.69, 9.17) is 9.84 Å². The monoisotopic (exact) mass is 291 g/mol. The fourth-order valence-electron chi connectivity index (χ4n) is 2.03. The van der Waals surface area contributed by atoms with Crippen LogP contribution in [-0.2, 0) is 25.1 Å². The molecule has 19 heavy (non-hydrogen) atoms. The standard InChI is InChI=1S/C12H21NO5S/c1-9(14)13-11(12(15)16)8-19(17)7-3-5-10-4-2-6-18-10/h10-11H,2-8H2,1H3,(H,13,14)(H,15,16). The molecule has 0 spiro atoms. The quantitative estimate of drug-likeness (QED) is 0.670. The molecule has 2 N–H and O–H groups in total. The predicted octanol–water partition coefficient (Wildman–Crippen LogP) is 0.284. The Morgan fingerprint density at radius 3 is 2.79 bits per heavy atom. The zero-order valence-corrected chi connectivity index (χ0v) is 11.9. The van der Waals surface area contributed by atoms with Crippen LogP contribution in [0.25, 0.3) is 0 Å². The molecule has 0 aromatic carbocycles. The van der Waals surface area contributed by atoms with Gasteiger partial charge in [-0.2, -0.15) is 0 Å². The summed E-state index contributed by atoms with van der Waals surface area (Å²) in [6, 6.07) is -1.07. The second-order valence-electron chi connectivity index (χ2n) is 4.68. The molecule has 3 atom stereocenters. The van der Waals surface area contributed by atoms with Gasteiger partial charge in [0.25, 0.3) is 0 Å². The summed E-state index contributed by atoms with van der Waals surface area (Å²) in [6.07, 6.45) is 4.02. The zero-order valence-electron chi connectivity index (χ0n) is 11.1. The minimum absolute atomic E-state index is 0.0412. The smallest absolute Gasteiger partial charge is 0.327 e.